The Hall–Kier alpha value is -0.570. The van der Waals surface area contributed by atoms with E-state index < -0.39 is 5.97 Å². The largest absolute Gasteiger partial charge is 0.481 e. The van der Waals surface area contributed by atoms with Crippen molar-refractivity contribution >= 4 is 5.97 Å². The first-order chi connectivity index (χ1) is 7.77. The molecule has 0 bridgehead atoms. The number of carbonyl (C=O) groups is 1. The minimum Gasteiger partial charge on any atom is -0.481 e. The molecule has 0 saturated heterocycles. The van der Waals surface area contributed by atoms with Crippen LogP contribution < -0.4 is 0 Å². The van der Waals surface area contributed by atoms with Gasteiger partial charge in [0.1, 0.15) is 0 Å². The van der Waals surface area contributed by atoms with Crippen molar-refractivity contribution in [2.75, 3.05) is 6.61 Å². The third-order valence-corrected chi connectivity index (χ3v) is 2.78. The fraction of sp³-hybridized carbons (Fsp3) is 0.923. The molecular weight excluding hydrogens is 204 g/mol. The number of hydrogen-bond donors (Lipinski definition) is 1. The standard InChI is InChI=1S/C13H25O3/c14-12-10-8-6-4-2-1-3-5-7-9-11-13(15)16/h1-12H2,(H,15,16). The maximum atomic E-state index is 10.2. The van der Waals surface area contributed by atoms with E-state index in [0.717, 1.165) is 32.1 Å². The lowest BCUT2D eigenvalue weighted by molar-refractivity contribution is -0.137. The molecule has 0 heterocycles. The molecule has 0 unspecified atom stereocenters. The van der Waals surface area contributed by atoms with Crippen LogP contribution in [0.15, 0.2) is 0 Å². The second-order valence-corrected chi connectivity index (χ2v) is 4.38. The van der Waals surface area contributed by atoms with Crippen LogP contribution in [0.5, 0.6) is 0 Å². The fourth-order valence-corrected chi connectivity index (χ4v) is 1.79. The summed E-state index contributed by atoms with van der Waals surface area (Å²) in [6.07, 6.45) is 11.4. The molecule has 3 heteroatoms. The molecule has 0 aromatic heterocycles. The van der Waals surface area contributed by atoms with Crippen molar-refractivity contribution in [3.8, 4) is 0 Å². The molecule has 0 saturated carbocycles. The lowest BCUT2D eigenvalue weighted by atomic mass is 10.1. The zero-order chi connectivity index (χ0) is 12.1. The second-order valence-electron chi connectivity index (χ2n) is 4.38. The molecule has 1 N–H and O–H groups in total. The van der Waals surface area contributed by atoms with Crippen molar-refractivity contribution in [3.05, 3.63) is 0 Å². The first-order valence-electron chi connectivity index (χ1n) is 6.57. The van der Waals surface area contributed by atoms with E-state index >= 15 is 0 Å². The molecule has 3 nitrogen and oxygen atoms in total. The van der Waals surface area contributed by atoms with Crippen LogP contribution in [0.1, 0.15) is 70.6 Å². The number of carboxylic acid groups (broad SMARTS) is 1. The fourth-order valence-electron chi connectivity index (χ4n) is 1.79. The molecule has 0 aliphatic heterocycles. The average molecular weight is 229 g/mol. The van der Waals surface area contributed by atoms with Gasteiger partial charge in [-0.05, 0) is 12.8 Å². The summed E-state index contributed by atoms with van der Waals surface area (Å²) in [7, 11) is 0. The van der Waals surface area contributed by atoms with Gasteiger partial charge >= 0.3 is 5.97 Å². The Kier molecular flexibility index (Phi) is 12.1. The zero-order valence-electron chi connectivity index (χ0n) is 10.2. The maximum Gasteiger partial charge on any atom is 0.303 e. The van der Waals surface area contributed by atoms with E-state index in [-0.39, 0.29) is 6.61 Å². The lowest BCUT2D eigenvalue weighted by Crippen LogP contribution is -1.93. The third kappa shape index (κ3) is 13.4. The molecule has 1 radical (unpaired) electrons. The molecule has 0 aromatic carbocycles. The van der Waals surface area contributed by atoms with E-state index in [9.17, 15) is 9.90 Å². The number of rotatable bonds is 12. The third-order valence-electron chi connectivity index (χ3n) is 2.78. The van der Waals surface area contributed by atoms with Crippen LogP contribution in [-0.4, -0.2) is 17.7 Å². The Labute approximate surface area is 98.9 Å². The number of hydrogen-bond acceptors (Lipinski definition) is 1. The van der Waals surface area contributed by atoms with Gasteiger partial charge in [0, 0.05) is 6.42 Å². The van der Waals surface area contributed by atoms with Crippen LogP contribution in [0, 0.1) is 0 Å². The van der Waals surface area contributed by atoms with Crippen molar-refractivity contribution < 1.29 is 15.0 Å². The van der Waals surface area contributed by atoms with Gasteiger partial charge in [-0.15, -0.1) is 0 Å². The van der Waals surface area contributed by atoms with Crippen molar-refractivity contribution in [3.63, 3.8) is 0 Å². The normalized spacial score (nSPS) is 10.6. The predicted octanol–water partition coefficient (Wildman–Crippen LogP) is 3.79. The highest BCUT2D eigenvalue weighted by Crippen LogP contribution is 2.11. The Bertz CT molecular complexity index is 157. The van der Waals surface area contributed by atoms with Gasteiger partial charge in [-0.3, -0.25) is 4.79 Å². The molecule has 95 valence electrons. The van der Waals surface area contributed by atoms with E-state index in [4.69, 9.17) is 5.11 Å². The topological polar surface area (TPSA) is 57.2 Å². The highest BCUT2D eigenvalue weighted by atomic mass is 16.4. The number of carboxylic acids is 1. The first-order valence-corrected chi connectivity index (χ1v) is 6.57. The molecule has 0 amide bonds. The minimum absolute atomic E-state index is 0.0730. The quantitative estimate of drug-likeness (QED) is 0.517. The van der Waals surface area contributed by atoms with Crippen molar-refractivity contribution in [2.45, 2.75) is 70.6 Å². The van der Waals surface area contributed by atoms with Gasteiger partial charge in [-0.2, -0.15) is 0 Å². The van der Waals surface area contributed by atoms with Crippen molar-refractivity contribution in [1.29, 1.82) is 0 Å². The van der Waals surface area contributed by atoms with Crippen LogP contribution in [0.2, 0.25) is 0 Å². The molecule has 0 fully saturated rings. The van der Waals surface area contributed by atoms with Gasteiger partial charge in [0.15, 0.2) is 0 Å². The summed E-state index contributed by atoms with van der Waals surface area (Å²) in [4.78, 5) is 10.2. The van der Waals surface area contributed by atoms with Crippen LogP contribution in [0.3, 0.4) is 0 Å². The smallest absolute Gasteiger partial charge is 0.303 e. The first kappa shape index (κ1) is 15.4. The molecule has 0 spiro atoms. The summed E-state index contributed by atoms with van der Waals surface area (Å²) >= 11 is 0. The summed E-state index contributed by atoms with van der Waals surface area (Å²) in [6.45, 7) is 0.0730. The maximum absolute atomic E-state index is 10.2. The average Bonchev–Trinajstić information content (AvgIpc) is 2.25. The Balaban J connectivity index is 2.90. The monoisotopic (exact) mass is 229 g/mol. The van der Waals surface area contributed by atoms with Crippen LogP contribution in [0.4, 0.5) is 0 Å². The summed E-state index contributed by atoms with van der Waals surface area (Å²) in [5, 5.41) is 18.6. The summed E-state index contributed by atoms with van der Waals surface area (Å²) < 4.78 is 0. The highest BCUT2D eigenvalue weighted by molar-refractivity contribution is 5.66. The molecule has 16 heavy (non-hydrogen) atoms. The highest BCUT2D eigenvalue weighted by Gasteiger charge is 1.96. The summed E-state index contributed by atoms with van der Waals surface area (Å²) in [6, 6.07) is 0. The lowest BCUT2D eigenvalue weighted by Gasteiger charge is -2.01. The van der Waals surface area contributed by atoms with E-state index in [0.29, 0.717) is 6.42 Å². The minimum atomic E-state index is -0.682. The van der Waals surface area contributed by atoms with Gasteiger partial charge in [0.05, 0.1) is 6.61 Å². The van der Waals surface area contributed by atoms with E-state index in [1.807, 2.05) is 0 Å². The predicted molar refractivity (Wildman–Crippen MR) is 64.0 cm³/mol. The molecule has 0 aliphatic rings. The van der Waals surface area contributed by atoms with Gasteiger partial charge < -0.3 is 5.11 Å². The molecule has 0 aromatic rings. The van der Waals surface area contributed by atoms with E-state index in [1.54, 1.807) is 0 Å². The SMILES string of the molecule is [O]CCCCCCCCCCCCC(=O)O. The molecule has 0 atom stereocenters. The van der Waals surface area contributed by atoms with Crippen molar-refractivity contribution in [1.82, 2.24) is 0 Å². The molecular formula is C13H25O3. The Morgan fingerprint density at radius 2 is 1.06 bits per heavy atom. The Morgan fingerprint density at radius 1 is 0.688 bits per heavy atom. The van der Waals surface area contributed by atoms with E-state index in [1.165, 1.54) is 32.1 Å². The van der Waals surface area contributed by atoms with Gasteiger partial charge in [-0.1, -0.05) is 51.4 Å². The summed E-state index contributed by atoms with van der Waals surface area (Å²) in [5.41, 5.74) is 0. The zero-order valence-corrected chi connectivity index (χ0v) is 10.2. The molecule has 0 aliphatic carbocycles. The molecule has 0 rings (SSSR count). The van der Waals surface area contributed by atoms with E-state index in [2.05, 4.69) is 0 Å². The van der Waals surface area contributed by atoms with Gasteiger partial charge in [-0.25, -0.2) is 5.11 Å². The van der Waals surface area contributed by atoms with Crippen LogP contribution in [-0.2, 0) is 9.90 Å². The van der Waals surface area contributed by atoms with Crippen LogP contribution >= 0.6 is 0 Å². The Morgan fingerprint density at radius 3 is 1.44 bits per heavy atom. The van der Waals surface area contributed by atoms with Gasteiger partial charge in [0.25, 0.3) is 0 Å². The number of unbranched alkanes of at least 4 members (excludes halogenated alkanes) is 9. The van der Waals surface area contributed by atoms with Crippen molar-refractivity contribution in [2.24, 2.45) is 0 Å². The summed E-state index contributed by atoms with van der Waals surface area (Å²) in [5.74, 6) is -0.682. The van der Waals surface area contributed by atoms with Gasteiger partial charge in [0.2, 0.25) is 0 Å². The van der Waals surface area contributed by atoms with Crippen LogP contribution in [0.25, 0.3) is 0 Å². The second kappa shape index (κ2) is 12.5. The number of aliphatic carboxylic acids is 1.